The van der Waals surface area contributed by atoms with Crippen molar-refractivity contribution in [3.05, 3.63) is 181 Å². The minimum absolute atomic E-state index is 0.660. The first-order valence-corrected chi connectivity index (χ1v) is 21.0. The highest BCUT2D eigenvalue weighted by molar-refractivity contribution is 7.26. The number of para-hydroxylation sites is 1. The number of aromatic nitrogens is 3. The van der Waals surface area contributed by atoms with E-state index in [1.165, 1.54) is 48.5 Å². The van der Waals surface area contributed by atoms with E-state index in [1.54, 1.807) is 11.3 Å². The normalized spacial score (nSPS) is 12.9. The van der Waals surface area contributed by atoms with Gasteiger partial charge in [0.25, 0.3) is 0 Å². The number of aryl methyl sites for hydroxylation is 1. The average molecular weight is 772 g/mol. The molecule has 0 aliphatic heterocycles. The molecule has 12 aromatic rings. The Morgan fingerprint density at radius 3 is 2.34 bits per heavy atom. The molecule has 0 radical (unpaired) electrons. The van der Waals surface area contributed by atoms with E-state index in [9.17, 15) is 0 Å². The van der Waals surface area contributed by atoms with E-state index < -0.39 is 0 Å². The largest absolute Gasteiger partial charge is 0.455 e. The molecule has 0 spiro atoms. The van der Waals surface area contributed by atoms with Crippen LogP contribution in [0.4, 0.5) is 0 Å². The van der Waals surface area contributed by atoms with Crippen molar-refractivity contribution in [2.45, 2.75) is 12.8 Å². The van der Waals surface area contributed by atoms with E-state index in [-0.39, 0.29) is 0 Å². The van der Waals surface area contributed by atoms with E-state index in [2.05, 4.69) is 181 Å². The van der Waals surface area contributed by atoms with E-state index in [4.69, 9.17) is 14.4 Å². The van der Waals surface area contributed by atoms with Gasteiger partial charge in [-0.2, -0.15) is 0 Å². The summed E-state index contributed by atoms with van der Waals surface area (Å²) in [5.41, 5.74) is 13.9. The standard InChI is InChI=1S/C54H33N3OS/c1-2-12-32(13-3-1)36-27-28-43-42(31-36)48-38-17-7-6-15-34(38)26-29-45(48)57(43)44-21-11-22-46-49(44)40-19-10-20-41(52(40)58-46)54-55-50(37-25-24-33-14-4-5-16-35(33)30-37)53-51(56-54)39-18-8-9-23-47(39)59-53/h1-3,5-13,15-31H,4,14H2. The van der Waals surface area contributed by atoms with Crippen LogP contribution >= 0.6 is 11.3 Å². The van der Waals surface area contributed by atoms with Crippen LogP contribution in [-0.4, -0.2) is 14.5 Å². The number of nitrogens with zero attached hydrogens (tertiary/aromatic N) is 3. The monoisotopic (exact) mass is 771 g/mol. The third-order valence-corrected chi connectivity index (χ3v) is 13.4. The third-order valence-electron chi connectivity index (χ3n) is 12.3. The second-order valence-corrected chi connectivity index (χ2v) is 16.6. The molecule has 0 amide bonds. The van der Waals surface area contributed by atoms with Gasteiger partial charge in [0.15, 0.2) is 5.82 Å². The number of thiophene rings is 1. The molecular formula is C54H33N3OS. The molecule has 0 bridgehead atoms. The van der Waals surface area contributed by atoms with Crippen molar-refractivity contribution in [3.8, 4) is 39.5 Å². The maximum atomic E-state index is 6.95. The first-order chi connectivity index (χ1) is 29.2. The van der Waals surface area contributed by atoms with E-state index in [0.717, 1.165) is 83.9 Å². The summed E-state index contributed by atoms with van der Waals surface area (Å²) in [6.07, 6.45) is 6.67. The van der Waals surface area contributed by atoms with Crippen molar-refractivity contribution in [2.75, 3.05) is 0 Å². The molecule has 8 aromatic carbocycles. The van der Waals surface area contributed by atoms with Crippen molar-refractivity contribution in [1.29, 1.82) is 0 Å². The third kappa shape index (κ3) is 4.89. The smallest absolute Gasteiger partial charge is 0.164 e. The SMILES string of the molecule is C1=Cc2cc(-c3nc(-c4cccc5c4oc4cccc(-n6c7ccc(-c8ccccc8)cc7c7c8ccccc8ccc76)c45)nc4c3sc3ccccc34)ccc2CC1. The fourth-order valence-electron chi connectivity index (χ4n) is 9.53. The lowest BCUT2D eigenvalue weighted by Crippen LogP contribution is -1.97. The Balaban J connectivity index is 1.07. The number of furan rings is 1. The topological polar surface area (TPSA) is 43.9 Å². The second-order valence-electron chi connectivity index (χ2n) is 15.6. The van der Waals surface area contributed by atoms with E-state index >= 15 is 0 Å². The highest BCUT2D eigenvalue weighted by atomic mass is 32.1. The predicted molar refractivity (Wildman–Crippen MR) is 248 cm³/mol. The zero-order valence-corrected chi connectivity index (χ0v) is 32.6. The lowest BCUT2D eigenvalue weighted by atomic mass is 9.94. The van der Waals surface area contributed by atoms with Gasteiger partial charge in [-0.05, 0) is 94.4 Å². The quantitative estimate of drug-likeness (QED) is 0.179. The lowest BCUT2D eigenvalue weighted by Gasteiger charge is -2.13. The Labute approximate surface area is 342 Å². The average Bonchev–Trinajstić information content (AvgIpc) is 3.98. The fraction of sp³-hybridized carbons (Fsp3) is 0.0370. The van der Waals surface area contributed by atoms with Gasteiger partial charge in [-0.15, -0.1) is 11.3 Å². The molecule has 4 nitrogen and oxygen atoms in total. The number of fused-ring (bicyclic) bond motifs is 12. The van der Waals surface area contributed by atoms with Gasteiger partial charge in [0, 0.05) is 31.8 Å². The van der Waals surface area contributed by atoms with Gasteiger partial charge in [0.1, 0.15) is 11.2 Å². The molecule has 0 saturated heterocycles. The van der Waals surface area contributed by atoms with Crippen molar-refractivity contribution in [1.82, 2.24) is 14.5 Å². The summed E-state index contributed by atoms with van der Waals surface area (Å²) in [5, 5.41) is 8.17. The summed E-state index contributed by atoms with van der Waals surface area (Å²) in [4.78, 5) is 10.8. The molecule has 0 saturated carbocycles. The van der Waals surface area contributed by atoms with Gasteiger partial charge < -0.3 is 8.98 Å². The zero-order valence-electron chi connectivity index (χ0n) is 31.8. The molecule has 1 aliphatic rings. The van der Waals surface area contributed by atoms with Crippen molar-refractivity contribution < 1.29 is 4.42 Å². The molecule has 5 heteroatoms. The maximum absolute atomic E-state index is 6.95. The Hall–Kier alpha value is -7.34. The first-order valence-electron chi connectivity index (χ1n) is 20.2. The van der Waals surface area contributed by atoms with Crippen molar-refractivity contribution in [2.24, 2.45) is 0 Å². The molecular weight excluding hydrogens is 739 g/mol. The summed E-state index contributed by atoms with van der Waals surface area (Å²) in [7, 11) is 0. The summed E-state index contributed by atoms with van der Waals surface area (Å²) in [6, 6.07) is 59.0. The molecule has 0 N–H and O–H groups in total. The summed E-state index contributed by atoms with van der Waals surface area (Å²) < 4.78 is 11.7. The predicted octanol–water partition coefficient (Wildman–Crippen LogP) is 15.0. The molecule has 0 atom stereocenters. The first kappa shape index (κ1) is 32.7. The van der Waals surface area contributed by atoms with Gasteiger partial charge in [0.2, 0.25) is 0 Å². The van der Waals surface area contributed by atoms with E-state index in [0.29, 0.717) is 5.82 Å². The van der Waals surface area contributed by atoms with Crippen LogP contribution in [0.3, 0.4) is 0 Å². The zero-order chi connectivity index (χ0) is 38.6. The molecule has 4 aromatic heterocycles. The minimum atomic E-state index is 0.660. The van der Waals surface area contributed by atoms with Crippen LogP contribution in [0.5, 0.6) is 0 Å². The Kier molecular flexibility index (Phi) is 6.97. The lowest BCUT2D eigenvalue weighted by molar-refractivity contribution is 0.669. The summed E-state index contributed by atoms with van der Waals surface area (Å²) in [6.45, 7) is 0. The molecule has 4 heterocycles. The van der Waals surface area contributed by atoms with Crippen molar-refractivity contribution >= 4 is 92.2 Å². The maximum Gasteiger partial charge on any atom is 0.164 e. The van der Waals surface area contributed by atoms with Crippen LogP contribution in [0.15, 0.2) is 174 Å². The summed E-state index contributed by atoms with van der Waals surface area (Å²) >= 11 is 1.76. The van der Waals surface area contributed by atoms with Crippen LogP contribution in [0.1, 0.15) is 17.5 Å². The molecule has 0 unspecified atom stereocenters. The van der Waals surface area contributed by atoms with Gasteiger partial charge in [-0.3, -0.25) is 0 Å². The molecule has 0 fully saturated rings. The van der Waals surface area contributed by atoms with Crippen LogP contribution in [0.2, 0.25) is 0 Å². The van der Waals surface area contributed by atoms with Gasteiger partial charge in [-0.1, -0.05) is 127 Å². The molecule has 276 valence electrons. The van der Waals surface area contributed by atoms with Gasteiger partial charge in [-0.25, -0.2) is 9.97 Å². The molecule has 13 rings (SSSR count). The Morgan fingerprint density at radius 2 is 1.39 bits per heavy atom. The minimum Gasteiger partial charge on any atom is -0.455 e. The number of rotatable bonds is 4. The molecule has 1 aliphatic carbocycles. The van der Waals surface area contributed by atoms with Crippen LogP contribution in [0.25, 0.3) is 120 Å². The van der Waals surface area contributed by atoms with Gasteiger partial charge in [0.05, 0.1) is 43.6 Å². The van der Waals surface area contributed by atoms with Crippen molar-refractivity contribution in [3.63, 3.8) is 0 Å². The van der Waals surface area contributed by atoms with Gasteiger partial charge >= 0.3 is 0 Å². The highest BCUT2D eigenvalue weighted by Gasteiger charge is 2.23. The van der Waals surface area contributed by atoms with Crippen LogP contribution in [-0.2, 0) is 6.42 Å². The number of benzene rings is 8. The second kappa shape index (κ2) is 12.6. The summed E-state index contributed by atoms with van der Waals surface area (Å²) in [5.74, 6) is 0.660. The Morgan fingerprint density at radius 1 is 0.576 bits per heavy atom. The Bertz CT molecular complexity index is 3740. The van der Waals surface area contributed by atoms with Crippen LogP contribution in [0, 0.1) is 0 Å². The molecule has 59 heavy (non-hydrogen) atoms. The van der Waals surface area contributed by atoms with Crippen LogP contribution < -0.4 is 0 Å². The fourth-order valence-corrected chi connectivity index (χ4v) is 10.7. The number of hydrogen-bond donors (Lipinski definition) is 0. The number of hydrogen-bond acceptors (Lipinski definition) is 4. The highest BCUT2D eigenvalue weighted by Crippen LogP contribution is 2.45. The number of allylic oxidation sites excluding steroid dienone is 1. The van der Waals surface area contributed by atoms with E-state index in [1.807, 2.05) is 0 Å².